The predicted octanol–water partition coefficient (Wildman–Crippen LogP) is 2.07. The third-order valence-electron chi connectivity index (χ3n) is 2.06. The molecule has 1 saturated heterocycles. The highest BCUT2D eigenvalue weighted by molar-refractivity contribution is 6.13. The fourth-order valence-corrected chi connectivity index (χ4v) is 1.90. The summed E-state index contributed by atoms with van der Waals surface area (Å²) in [5, 5.41) is 0. The molecule has 0 N–H and O–H groups in total. The highest BCUT2D eigenvalue weighted by Crippen LogP contribution is 2.25. The van der Waals surface area contributed by atoms with E-state index in [1.54, 1.807) is 4.42 Å². The van der Waals surface area contributed by atoms with Gasteiger partial charge in [-0.25, -0.2) is 8.81 Å². The van der Waals surface area contributed by atoms with Crippen LogP contribution in [-0.4, -0.2) is 23.7 Å². The van der Waals surface area contributed by atoms with Crippen molar-refractivity contribution in [3.8, 4) is 0 Å². The molecule has 1 fully saturated rings. The Labute approximate surface area is 66.3 Å². The molecule has 0 saturated carbocycles. The minimum Gasteiger partial charge on any atom is -0.247 e. The van der Waals surface area contributed by atoms with Crippen molar-refractivity contribution in [2.45, 2.75) is 20.0 Å². The third kappa shape index (κ3) is 1.61. The molecule has 0 bridgehead atoms. The van der Waals surface area contributed by atoms with E-state index >= 15 is 0 Å². The molecule has 1 nitrogen and oxygen atoms in total. The highest BCUT2D eigenvalue weighted by Gasteiger charge is 2.30. The van der Waals surface area contributed by atoms with Gasteiger partial charge >= 0.3 is 0 Å². The Kier molecular flexibility index (Phi) is 2.53. The van der Waals surface area contributed by atoms with Crippen molar-refractivity contribution in [1.29, 1.82) is 0 Å². The Morgan fingerprint density at radius 2 is 1.70 bits per heavy atom. The van der Waals surface area contributed by atoms with Crippen LogP contribution in [0.2, 0.25) is 0 Å². The summed E-state index contributed by atoms with van der Waals surface area (Å²) in [4.78, 5) is 0. The van der Waals surface area contributed by atoms with Crippen molar-refractivity contribution in [3.05, 3.63) is 0 Å². The predicted molar refractivity (Wildman–Crippen MR) is 40.7 cm³/mol. The third-order valence-corrected chi connectivity index (χ3v) is 2.34. The van der Waals surface area contributed by atoms with Crippen LogP contribution in [0.4, 0.5) is 4.39 Å². The largest absolute Gasteiger partial charge is 0.247 e. The van der Waals surface area contributed by atoms with Gasteiger partial charge in [-0.15, -0.1) is 0 Å². The molecule has 0 aliphatic carbocycles. The van der Waals surface area contributed by atoms with Gasteiger partial charge in [0.2, 0.25) is 0 Å². The van der Waals surface area contributed by atoms with Crippen LogP contribution in [0.25, 0.3) is 0 Å². The lowest BCUT2D eigenvalue weighted by atomic mass is 9.91. The zero-order valence-corrected chi connectivity index (χ0v) is 7.11. The molecule has 0 aromatic carbocycles. The van der Waals surface area contributed by atoms with Gasteiger partial charge in [0.1, 0.15) is 6.17 Å². The van der Waals surface area contributed by atoms with E-state index in [0.29, 0.717) is 13.1 Å². The van der Waals surface area contributed by atoms with E-state index in [2.05, 4.69) is 0 Å². The summed E-state index contributed by atoms with van der Waals surface area (Å²) in [5.41, 5.74) is 0. The van der Waals surface area contributed by atoms with Crippen LogP contribution >= 0.6 is 11.8 Å². The number of hydrogen-bond acceptors (Lipinski definition) is 1. The van der Waals surface area contributed by atoms with Gasteiger partial charge in [0.25, 0.3) is 0 Å². The first kappa shape index (κ1) is 8.28. The second-order valence-corrected chi connectivity index (χ2v) is 3.70. The number of alkyl halides is 1. The lowest BCUT2D eigenvalue weighted by Gasteiger charge is -2.33. The summed E-state index contributed by atoms with van der Waals surface area (Å²) in [6.07, 6.45) is -0.671. The molecule has 3 atom stereocenters. The quantitative estimate of drug-likeness (QED) is 0.497. The minimum atomic E-state index is -0.671. The maximum absolute atomic E-state index is 13.1. The van der Waals surface area contributed by atoms with Gasteiger partial charge in [0.15, 0.2) is 0 Å². The normalized spacial score (nSPS) is 43.8. The molecule has 1 unspecified atom stereocenters. The molecule has 10 heavy (non-hydrogen) atoms. The molecule has 0 aromatic heterocycles. The molecule has 0 amide bonds. The van der Waals surface area contributed by atoms with Gasteiger partial charge < -0.3 is 0 Å². The van der Waals surface area contributed by atoms with E-state index < -0.39 is 6.17 Å². The van der Waals surface area contributed by atoms with Crippen LogP contribution in [0.15, 0.2) is 0 Å². The Hall–Kier alpha value is 0.180. The van der Waals surface area contributed by atoms with Crippen LogP contribution in [0.5, 0.6) is 0 Å². The van der Waals surface area contributed by atoms with E-state index in [0.717, 1.165) is 0 Å². The summed E-state index contributed by atoms with van der Waals surface area (Å²) >= 11 is 5.74. The Morgan fingerprint density at radius 1 is 1.30 bits per heavy atom. The molecule has 1 rings (SSSR count). The van der Waals surface area contributed by atoms with E-state index in [4.69, 9.17) is 11.8 Å². The monoisotopic (exact) mass is 165 g/mol. The zero-order chi connectivity index (χ0) is 7.72. The van der Waals surface area contributed by atoms with Gasteiger partial charge in [-0.2, -0.15) is 0 Å². The van der Waals surface area contributed by atoms with Gasteiger partial charge in [0, 0.05) is 24.9 Å². The molecule has 60 valence electrons. The summed E-state index contributed by atoms with van der Waals surface area (Å²) in [6, 6.07) is 0. The van der Waals surface area contributed by atoms with Crippen molar-refractivity contribution >= 4 is 11.8 Å². The number of halogens is 2. The molecular weight excluding hydrogens is 153 g/mol. The topological polar surface area (TPSA) is 3.24 Å². The minimum absolute atomic E-state index is 0.0845. The standard InChI is InChI=1S/C7H13ClFN/c1-5-3-10(8)4-6(2)7(5)9/h5-7H,3-4H2,1-2H3/t5-,6+,7?. The summed E-state index contributed by atoms with van der Waals surface area (Å²) in [5.74, 6) is 0.169. The molecule has 0 radical (unpaired) electrons. The van der Waals surface area contributed by atoms with Crippen molar-refractivity contribution in [2.75, 3.05) is 13.1 Å². The van der Waals surface area contributed by atoms with E-state index in [1.165, 1.54) is 0 Å². The smallest absolute Gasteiger partial charge is 0.108 e. The van der Waals surface area contributed by atoms with Gasteiger partial charge in [0.05, 0.1) is 0 Å². The molecule has 3 heteroatoms. The average Bonchev–Trinajstić information content (AvgIpc) is 1.82. The zero-order valence-electron chi connectivity index (χ0n) is 6.35. The Balaban J connectivity index is 2.49. The van der Waals surface area contributed by atoms with Crippen molar-refractivity contribution in [2.24, 2.45) is 11.8 Å². The van der Waals surface area contributed by atoms with Crippen LogP contribution < -0.4 is 0 Å². The first-order valence-electron chi connectivity index (χ1n) is 3.66. The number of nitrogens with zero attached hydrogens (tertiary/aromatic N) is 1. The Morgan fingerprint density at radius 3 is 2.10 bits per heavy atom. The summed E-state index contributed by atoms with van der Waals surface area (Å²) in [7, 11) is 0. The number of rotatable bonds is 0. The number of piperidine rings is 1. The summed E-state index contributed by atoms with van der Waals surface area (Å²) < 4.78 is 14.7. The second-order valence-electron chi connectivity index (χ2n) is 3.23. The second kappa shape index (κ2) is 3.05. The Bertz CT molecular complexity index is 108. The van der Waals surface area contributed by atoms with Crippen LogP contribution in [0.3, 0.4) is 0 Å². The van der Waals surface area contributed by atoms with Gasteiger partial charge in [-0.05, 0) is 11.8 Å². The van der Waals surface area contributed by atoms with Gasteiger partial charge in [-0.1, -0.05) is 13.8 Å². The maximum Gasteiger partial charge on any atom is 0.108 e. The number of hydrogen-bond donors (Lipinski definition) is 0. The van der Waals surface area contributed by atoms with Crippen molar-refractivity contribution in [3.63, 3.8) is 0 Å². The van der Waals surface area contributed by atoms with E-state index in [9.17, 15) is 4.39 Å². The molecule has 0 spiro atoms. The average molecular weight is 166 g/mol. The maximum atomic E-state index is 13.1. The highest BCUT2D eigenvalue weighted by atomic mass is 35.5. The lowest BCUT2D eigenvalue weighted by molar-refractivity contribution is 0.0926. The fourth-order valence-electron chi connectivity index (χ4n) is 1.46. The lowest BCUT2D eigenvalue weighted by Crippen LogP contribution is -2.41. The molecular formula is C7H13ClFN. The summed E-state index contributed by atoms with van der Waals surface area (Å²) in [6.45, 7) is 5.14. The van der Waals surface area contributed by atoms with Crippen LogP contribution in [0.1, 0.15) is 13.8 Å². The van der Waals surface area contributed by atoms with E-state index in [1.807, 2.05) is 13.8 Å². The molecule has 1 heterocycles. The first-order valence-corrected chi connectivity index (χ1v) is 4.00. The fraction of sp³-hybridized carbons (Fsp3) is 1.00. The van der Waals surface area contributed by atoms with E-state index in [-0.39, 0.29) is 11.8 Å². The SMILES string of the molecule is C[C@@H]1CN(Cl)C[C@H](C)C1F. The first-order chi connectivity index (χ1) is 4.61. The molecule has 0 aromatic rings. The van der Waals surface area contributed by atoms with Crippen molar-refractivity contribution < 1.29 is 4.39 Å². The molecule has 1 aliphatic heterocycles. The molecule has 1 aliphatic rings. The van der Waals surface area contributed by atoms with Crippen LogP contribution in [-0.2, 0) is 0 Å². The van der Waals surface area contributed by atoms with Crippen LogP contribution in [0, 0.1) is 11.8 Å². The van der Waals surface area contributed by atoms with Gasteiger partial charge in [-0.3, -0.25) is 0 Å². The van der Waals surface area contributed by atoms with Crippen molar-refractivity contribution in [1.82, 2.24) is 4.42 Å².